The van der Waals surface area contributed by atoms with Gasteiger partial charge in [0.1, 0.15) is 0 Å². The summed E-state index contributed by atoms with van der Waals surface area (Å²) in [6, 6.07) is 2.56. The molecule has 1 saturated heterocycles. The van der Waals surface area contributed by atoms with Crippen LogP contribution < -0.4 is 5.32 Å². The number of hydrogen-bond donors (Lipinski definition) is 1. The van der Waals surface area contributed by atoms with E-state index in [0.29, 0.717) is 25.7 Å². The maximum atomic E-state index is 12.4. The minimum atomic E-state index is -0.328. The summed E-state index contributed by atoms with van der Waals surface area (Å²) in [5, 5.41) is 3.64. The van der Waals surface area contributed by atoms with Crippen LogP contribution in [0.25, 0.3) is 0 Å². The molecule has 2 heterocycles. The van der Waals surface area contributed by atoms with E-state index in [-0.39, 0.29) is 17.0 Å². The quantitative estimate of drug-likeness (QED) is 0.796. The van der Waals surface area contributed by atoms with Crippen molar-refractivity contribution in [3.05, 3.63) is 15.8 Å². The SMILES string of the molecule is CCC(=O)c1sc(C(C)(C)C)cc1NC1CCC2(CC1)OCCO2. The van der Waals surface area contributed by atoms with Gasteiger partial charge in [-0.05, 0) is 24.3 Å². The van der Waals surface area contributed by atoms with E-state index in [4.69, 9.17) is 9.47 Å². The monoisotopic (exact) mass is 351 g/mol. The second-order valence-electron chi connectivity index (χ2n) is 7.91. The molecule has 2 aliphatic rings. The molecule has 134 valence electrons. The summed E-state index contributed by atoms with van der Waals surface area (Å²) >= 11 is 1.65. The standard InChI is InChI=1S/C19H29NO3S/c1-5-15(21)17-14(12-16(24-17)18(2,3)4)20-13-6-8-19(9-7-13)22-10-11-23-19/h12-13,20H,5-11H2,1-4H3. The van der Waals surface area contributed by atoms with E-state index in [1.807, 2.05) is 6.92 Å². The third-order valence-corrected chi connectivity index (χ3v) is 6.57. The van der Waals surface area contributed by atoms with E-state index in [9.17, 15) is 4.79 Å². The van der Waals surface area contributed by atoms with Gasteiger partial charge in [-0.3, -0.25) is 4.79 Å². The highest BCUT2D eigenvalue weighted by atomic mass is 32.1. The van der Waals surface area contributed by atoms with Gasteiger partial charge in [-0.1, -0.05) is 27.7 Å². The molecular weight excluding hydrogens is 322 g/mol. The highest BCUT2D eigenvalue weighted by Gasteiger charge is 2.40. The summed E-state index contributed by atoms with van der Waals surface area (Å²) in [5.41, 5.74) is 1.08. The fraction of sp³-hybridized carbons (Fsp3) is 0.737. The number of thiophene rings is 1. The summed E-state index contributed by atoms with van der Waals surface area (Å²) < 4.78 is 11.6. The second-order valence-corrected chi connectivity index (χ2v) is 8.96. The molecule has 1 aromatic heterocycles. The van der Waals surface area contributed by atoms with Crippen LogP contribution >= 0.6 is 11.3 Å². The van der Waals surface area contributed by atoms with Crippen LogP contribution in [0.3, 0.4) is 0 Å². The van der Waals surface area contributed by atoms with Crippen LogP contribution in [0.15, 0.2) is 6.07 Å². The predicted octanol–water partition coefficient (Wildman–Crippen LogP) is 4.74. The Bertz CT molecular complexity index is 586. The molecule has 0 aromatic carbocycles. The zero-order valence-electron chi connectivity index (χ0n) is 15.2. The van der Waals surface area contributed by atoms with Gasteiger partial charge in [-0.2, -0.15) is 0 Å². The first-order chi connectivity index (χ1) is 11.3. The molecule has 2 fully saturated rings. The average molecular weight is 352 g/mol. The van der Waals surface area contributed by atoms with Crippen LogP contribution in [0, 0.1) is 0 Å². The van der Waals surface area contributed by atoms with Crippen LogP contribution in [0.2, 0.25) is 0 Å². The zero-order valence-corrected chi connectivity index (χ0v) is 16.1. The fourth-order valence-corrected chi connectivity index (χ4v) is 4.63. The normalized spacial score (nSPS) is 21.3. The Kier molecular flexibility index (Phi) is 5.05. The van der Waals surface area contributed by atoms with Crippen molar-refractivity contribution in [3.8, 4) is 0 Å². The Morgan fingerprint density at radius 3 is 2.46 bits per heavy atom. The molecule has 1 saturated carbocycles. The highest BCUT2D eigenvalue weighted by molar-refractivity contribution is 7.14. The molecular formula is C19H29NO3S. The Hall–Kier alpha value is -0.910. The molecule has 1 aromatic rings. The molecule has 24 heavy (non-hydrogen) atoms. The highest BCUT2D eigenvalue weighted by Crippen LogP contribution is 2.40. The van der Waals surface area contributed by atoms with Gasteiger partial charge in [0.15, 0.2) is 11.6 Å². The number of nitrogens with one attached hydrogen (secondary N) is 1. The average Bonchev–Trinajstić information content (AvgIpc) is 3.16. The number of anilines is 1. The van der Waals surface area contributed by atoms with Gasteiger partial charge < -0.3 is 14.8 Å². The van der Waals surface area contributed by atoms with E-state index < -0.39 is 0 Å². The van der Waals surface area contributed by atoms with E-state index >= 15 is 0 Å². The maximum absolute atomic E-state index is 12.4. The molecule has 4 nitrogen and oxygen atoms in total. The number of carbonyl (C=O) groups is 1. The predicted molar refractivity (Wildman–Crippen MR) is 98.2 cm³/mol. The van der Waals surface area contributed by atoms with Gasteiger partial charge in [0, 0.05) is 30.2 Å². The van der Waals surface area contributed by atoms with Gasteiger partial charge in [0.2, 0.25) is 0 Å². The molecule has 1 spiro atoms. The van der Waals surface area contributed by atoms with E-state index in [2.05, 4.69) is 32.2 Å². The number of rotatable bonds is 4. The first kappa shape index (κ1) is 17.9. The zero-order chi connectivity index (χ0) is 17.4. The summed E-state index contributed by atoms with van der Waals surface area (Å²) in [6.45, 7) is 9.95. The van der Waals surface area contributed by atoms with E-state index in [1.54, 1.807) is 11.3 Å². The molecule has 0 unspecified atom stereocenters. The Morgan fingerprint density at radius 1 is 1.29 bits per heavy atom. The van der Waals surface area contributed by atoms with Crippen molar-refractivity contribution in [2.45, 2.75) is 77.0 Å². The molecule has 1 aliphatic heterocycles. The molecule has 0 atom stereocenters. The summed E-state index contributed by atoms with van der Waals surface area (Å²) in [7, 11) is 0. The van der Waals surface area contributed by atoms with E-state index in [1.165, 1.54) is 4.88 Å². The van der Waals surface area contributed by atoms with Crippen LogP contribution in [-0.4, -0.2) is 30.8 Å². The molecule has 1 N–H and O–H groups in total. The topological polar surface area (TPSA) is 47.6 Å². The van der Waals surface area contributed by atoms with Crippen molar-refractivity contribution in [2.75, 3.05) is 18.5 Å². The molecule has 0 radical (unpaired) electrons. The van der Waals surface area contributed by atoms with Crippen LogP contribution in [0.1, 0.15) is 74.3 Å². The smallest absolute Gasteiger partial charge is 0.174 e. The molecule has 0 bridgehead atoms. The number of hydrogen-bond acceptors (Lipinski definition) is 5. The van der Waals surface area contributed by atoms with Crippen LogP contribution in [0.4, 0.5) is 5.69 Å². The number of Topliss-reactive ketones (excluding diaryl/α,β-unsaturated/α-hetero) is 1. The number of ether oxygens (including phenoxy) is 2. The van der Waals surface area contributed by atoms with Gasteiger partial charge in [-0.15, -0.1) is 11.3 Å². The van der Waals surface area contributed by atoms with Crippen molar-refractivity contribution < 1.29 is 14.3 Å². The van der Waals surface area contributed by atoms with Gasteiger partial charge in [-0.25, -0.2) is 0 Å². The largest absolute Gasteiger partial charge is 0.381 e. The van der Waals surface area contributed by atoms with E-state index in [0.717, 1.165) is 36.2 Å². The molecule has 1 aliphatic carbocycles. The lowest BCUT2D eigenvalue weighted by molar-refractivity contribution is -0.177. The van der Waals surface area contributed by atoms with Crippen LogP contribution in [0.5, 0.6) is 0 Å². The summed E-state index contributed by atoms with van der Waals surface area (Å²) in [4.78, 5) is 14.5. The Morgan fingerprint density at radius 2 is 1.92 bits per heavy atom. The van der Waals surface area contributed by atoms with Crippen molar-refractivity contribution in [1.29, 1.82) is 0 Å². The lowest BCUT2D eigenvalue weighted by Crippen LogP contribution is -2.39. The van der Waals surface area contributed by atoms with Crippen molar-refractivity contribution in [2.24, 2.45) is 0 Å². The van der Waals surface area contributed by atoms with Gasteiger partial charge >= 0.3 is 0 Å². The Labute approximate surface area is 148 Å². The third kappa shape index (κ3) is 3.68. The first-order valence-corrected chi connectivity index (χ1v) is 9.86. The molecule has 0 amide bonds. The fourth-order valence-electron chi connectivity index (χ4n) is 3.44. The number of carbonyl (C=O) groups excluding carboxylic acids is 1. The van der Waals surface area contributed by atoms with Crippen molar-refractivity contribution >= 4 is 22.8 Å². The first-order valence-electron chi connectivity index (χ1n) is 9.05. The third-order valence-electron chi connectivity index (χ3n) is 4.97. The van der Waals surface area contributed by atoms with Crippen molar-refractivity contribution in [3.63, 3.8) is 0 Å². The minimum absolute atomic E-state index is 0.0650. The van der Waals surface area contributed by atoms with Crippen LogP contribution in [-0.2, 0) is 14.9 Å². The van der Waals surface area contributed by atoms with Crippen molar-refractivity contribution in [1.82, 2.24) is 0 Å². The lowest BCUT2D eigenvalue weighted by atomic mass is 9.89. The molecule has 5 heteroatoms. The lowest BCUT2D eigenvalue weighted by Gasteiger charge is -2.36. The second kappa shape index (κ2) is 6.77. The van der Waals surface area contributed by atoms with Gasteiger partial charge in [0.25, 0.3) is 0 Å². The number of ketones is 1. The maximum Gasteiger partial charge on any atom is 0.174 e. The molecule has 3 rings (SSSR count). The Balaban J connectivity index is 1.72. The minimum Gasteiger partial charge on any atom is -0.381 e. The summed E-state index contributed by atoms with van der Waals surface area (Å²) in [5.74, 6) is -0.0985. The summed E-state index contributed by atoms with van der Waals surface area (Å²) in [6.07, 6.45) is 4.44. The van der Waals surface area contributed by atoms with Gasteiger partial charge in [0.05, 0.1) is 23.8 Å².